The van der Waals surface area contributed by atoms with E-state index in [-0.39, 0.29) is 11.2 Å². The van der Waals surface area contributed by atoms with E-state index in [9.17, 15) is 8.78 Å². The third kappa shape index (κ3) is 1.64. The number of rotatable bonds is 1. The monoisotopic (exact) mass is 212 g/mol. The molecule has 2 N–H and O–H groups in total. The Balaban J connectivity index is 2.44. The average molecular weight is 212 g/mol. The van der Waals surface area contributed by atoms with E-state index in [2.05, 4.69) is 10.6 Å². The highest BCUT2D eigenvalue weighted by atomic mass is 19.2. The molecule has 0 saturated heterocycles. The van der Waals surface area contributed by atoms with Crippen molar-refractivity contribution in [3.8, 4) is 0 Å². The van der Waals surface area contributed by atoms with Crippen LogP contribution < -0.4 is 10.6 Å². The lowest BCUT2D eigenvalue weighted by atomic mass is 9.95. The zero-order valence-electron chi connectivity index (χ0n) is 8.82. The minimum Gasteiger partial charge on any atom is -0.381 e. The van der Waals surface area contributed by atoms with Gasteiger partial charge < -0.3 is 10.6 Å². The summed E-state index contributed by atoms with van der Waals surface area (Å²) in [6.07, 6.45) is 0.843. The summed E-state index contributed by atoms with van der Waals surface area (Å²) in [7, 11) is 0. The first kappa shape index (κ1) is 10.2. The molecule has 1 aromatic rings. The van der Waals surface area contributed by atoms with E-state index in [1.165, 1.54) is 0 Å². The summed E-state index contributed by atoms with van der Waals surface area (Å²) >= 11 is 0. The summed E-state index contributed by atoms with van der Waals surface area (Å²) in [6, 6.07) is 2.69. The fraction of sp³-hybridized carbons (Fsp3) is 0.455. The smallest absolute Gasteiger partial charge is 0.184 e. The predicted octanol–water partition coefficient (Wildman–Crippen LogP) is 2.97. The van der Waals surface area contributed by atoms with Gasteiger partial charge in [0.1, 0.15) is 0 Å². The molecular weight excluding hydrogens is 198 g/mol. The first-order chi connectivity index (χ1) is 7.06. The highest BCUT2D eigenvalue weighted by molar-refractivity contribution is 5.72. The molecule has 1 aliphatic rings. The van der Waals surface area contributed by atoms with Crippen molar-refractivity contribution in [3.63, 3.8) is 0 Å². The molecule has 15 heavy (non-hydrogen) atoms. The molecule has 1 aliphatic heterocycles. The predicted molar refractivity (Wildman–Crippen MR) is 57.2 cm³/mol. The maximum absolute atomic E-state index is 13.5. The van der Waals surface area contributed by atoms with Crippen molar-refractivity contribution in [2.24, 2.45) is 0 Å². The van der Waals surface area contributed by atoms with E-state index < -0.39 is 11.6 Å². The highest BCUT2D eigenvalue weighted by Gasteiger charge is 2.29. The number of fused-ring (bicyclic) bond motifs is 1. The van der Waals surface area contributed by atoms with Crippen molar-refractivity contribution in [1.29, 1.82) is 0 Å². The molecule has 0 aliphatic carbocycles. The van der Waals surface area contributed by atoms with Crippen molar-refractivity contribution < 1.29 is 8.78 Å². The fourth-order valence-electron chi connectivity index (χ4n) is 1.67. The van der Waals surface area contributed by atoms with Gasteiger partial charge in [0.05, 0.1) is 16.9 Å². The quantitative estimate of drug-likeness (QED) is 0.747. The third-order valence-electron chi connectivity index (χ3n) is 2.97. The Bertz CT molecular complexity index is 392. The summed E-state index contributed by atoms with van der Waals surface area (Å²) in [5.74, 6) is -1.62. The zero-order chi connectivity index (χ0) is 11.1. The number of hydrogen-bond acceptors (Lipinski definition) is 2. The second kappa shape index (κ2) is 3.36. The van der Waals surface area contributed by atoms with Crippen molar-refractivity contribution >= 4 is 11.4 Å². The summed E-state index contributed by atoms with van der Waals surface area (Å²) in [5.41, 5.74) is 0.646. The number of anilines is 2. The second-order valence-corrected chi connectivity index (χ2v) is 4.18. The Labute approximate surface area is 87.7 Å². The topological polar surface area (TPSA) is 24.1 Å². The van der Waals surface area contributed by atoms with Crippen molar-refractivity contribution in [1.82, 2.24) is 0 Å². The third-order valence-corrected chi connectivity index (χ3v) is 2.97. The fourth-order valence-corrected chi connectivity index (χ4v) is 1.67. The molecule has 0 saturated carbocycles. The lowest BCUT2D eigenvalue weighted by Crippen LogP contribution is -2.44. The maximum atomic E-state index is 13.5. The minimum absolute atomic E-state index is 0.221. The Morgan fingerprint density at radius 1 is 1.40 bits per heavy atom. The summed E-state index contributed by atoms with van der Waals surface area (Å²) in [6.45, 7) is 4.70. The lowest BCUT2D eigenvalue weighted by molar-refractivity contribution is 0.483. The van der Waals surface area contributed by atoms with Gasteiger partial charge in [-0.2, -0.15) is 0 Å². The van der Waals surface area contributed by atoms with Crippen LogP contribution in [0.4, 0.5) is 20.2 Å². The van der Waals surface area contributed by atoms with Crippen LogP contribution in [-0.2, 0) is 0 Å². The number of halogens is 2. The van der Waals surface area contributed by atoms with Crippen LogP contribution in [0.3, 0.4) is 0 Å². The van der Waals surface area contributed by atoms with E-state index in [1.54, 1.807) is 6.07 Å². The van der Waals surface area contributed by atoms with E-state index >= 15 is 0 Å². The first-order valence-electron chi connectivity index (χ1n) is 5.06. The summed E-state index contributed by atoms with van der Waals surface area (Å²) < 4.78 is 26.5. The SMILES string of the molecule is CCC1(C)CNc2ccc(F)c(F)c2N1. The second-order valence-electron chi connectivity index (χ2n) is 4.18. The van der Waals surface area contributed by atoms with Gasteiger partial charge in [0, 0.05) is 6.54 Å². The molecule has 0 aromatic heterocycles. The molecule has 0 radical (unpaired) electrons. The molecule has 0 spiro atoms. The molecule has 1 unspecified atom stereocenters. The van der Waals surface area contributed by atoms with Crippen molar-refractivity contribution in [3.05, 3.63) is 23.8 Å². The Morgan fingerprint density at radius 3 is 2.80 bits per heavy atom. The Kier molecular flexibility index (Phi) is 2.29. The van der Waals surface area contributed by atoms with Gasteiger partial charge in [0.15, 0.2) is 11.6 Å². The van der Waals surface area contributed by atoms with Gasteiger partial charge in [0.25, 0.3) is 0 Å². The highest BCUT2D eigenvalue weighted by Crippen LogP contribution is 2.34. The molecule has 0 fully saturated rings. The molecule has 2 rings (SSSR count). The number of nitrogens with one attached hydrogen (secondary N) is 2. The molecule has 82 valence electrons. The standard InChI is InChI=1S/C11H14F2N2/c1-3-11(2)6-14-8-5-4-7(12)9(13)10(8)15-11/h4-5,14-15H,3,6H2,1-2H3. The molecule has 1 atom stereocenters. The maximum Gasteiger partial charge on any atom is 0.184 e. The first-order valence-corrected chi connectivity index (χ1v) is 5.06. The van der Waals surface area contributed by atoms with Crippen LogP contribution in [-0.4, -0.2) is 12.1 Å². The van der Waals surface area contributed by atoms with E-state index in [4.69, 9.17) is 0 Å². The largest absolute Gasteiger partial charge is 0.381 e. The van der Waals surface area contributed by atoms with Crippen molar-refractivity contribution in [2.45, 2.75) is 25.8 Å². The average Bonchev–Trinajstić information content (AvgIpc) is 2.25. The number of benzene rings is 1. The minimum atomic E-state index is -0.816. The van der Waals surface area contributed by atoms with E-state index in [0.717, 1.165) is 12.5 Å². The van der Waals surface area contributed by atoms with E-state index in [0.29, 0.717) is 12.2 Å². The van der Waals surface area contributed by atoms with Crippen molar-refractivity contribution in [2.75, 3.05) is 17.2 Å². The van der Waals surface area contributed by atoms with Gasteiger partial charge in [-0.3, -0.25) is 0 Å². The van der Waals surface area contributed by atoms with Gasteiger partial charge in [0.2, 0.25) is 0 Å². The van der Waals surface area contributed by atoms with E-state index in [1.807, 2.05) is 13.8 Å². The van der Waals surface area contributed by atoms with Gasteiger partial charge in [-0.1, -0.05) is 6.92 Å². The van der Waals surface area contributed by atoms with Crippen LogP contribution >= 0.6 is 0 Å². The molecule has 0 amide bonds. The molecule has 1 aromatic carbocycles. The molecular formula is C11H14F2N2. The van der Waals surface area contributed by atoms with Crippen LogP contribution in [0.5, 0.6) is 0 Å². The van der Waals surface area contributed by atoms with Crippen LogP contribution in [0.25, 0.3) is 0 Å². The molecule has 1 heterocycles. The van der Waals surface area contributed by atoms with Crippen LogP contribution in [0.15, 0.2) is 12.1 Å². The molecule has 2 nitrogen and oxygen atoms in total. The Hall–Kier alpha value is -1.32. The molecule has 0 bridgehead atoms. The van der Waals surface area contributed by atoms with Gasteiger partial charge in [-0.15, -0.1) is 0 Å². The normalized spacial score (nSPS) is 24.0. The van der Waals surface area contributed by atoms with Crippen LogP contribution in [0.2, 0.25) is 0 Å². The summed E-state index contributed by atoms with van der Waals surface area (Å²) in [4.78, 5) is 0. The van der Waals surface area contributed by atoms with Gasteiger partial charge in [-0.25, -0.2) is 8.78 Å². The van der Waals surface area contributed by atoms with Gasteiger partial charge in [-0.05, 0) is 25.5 Å². The number of hydrogen-bond donors (Lipinski definition) is 2. The van der Waals surface area contributed by atoms with Crippen LogP contribution in [0.1, 0.15) is 20.3 Å². The lowest BCUT2D eigenvalue weighted by Gasteiger charge is -2.37. The van der Waals surface area contributed by atoms with Gasteiger partial charge >= 0.3 is 0 Å². The Morgan fingerprint density at radius 2 is 2.13 bits per heavy atom. The molecule has 4 heteroatoms. The summed E-state index contributed by atoms with van der Waals surface area (Å²) in [5, 5.41) is 6.16. The van der Waals surface area contributed by atoms with Crippen LogP contribution in [0, 0.1) is 11.6 Å². The zero-order valence-corrected chi connectivity index (χ0v) is 8.82.